The number of nitrogens with two attached hydrogens (primary N) is 1. The van der Waals surface area contributed by atoms with Gasteiger partial charge < -0.3 is 10.5 Å². The Bertz CT molecular complexity index is 506. The van der Waals surface area contributed by atoms with E-state index in [2.05, 4.69) is 10.2 Å². The molecule has 3 N–H and O–H groups in total. The van der Waals surface area contributed by atoms with Gasteiger partial charge in [0.2, 0.25) is 0 Å². The molecule has 2 rings (SSSR count). The Morgan fingerprint density at radius 3 is 2.79 bits per heavy atom. The van der Waals surface area contributed by atoms with Gasteiger partial charge in [-0.1, -0.05) is 0 Å². The molecular formula is C11H20N4O3S. The van der Waals surface area contributed by atoms with Crippen LogP contribution in [-0.4, -0.2) is 49.7 Å². The molecule has 0 bridgehead atoms. The molecule has 0 unspecified atom stereocenters. The molecule has 19 heavy (non-hydrogen) atoms. The Labute approximate surface area is 113 Å². The van der Waals surface area contributed by atoms with E-state index in [1.807, 2.05) is 0 Å². The average Bonchev–Trinajstić information content (AvgIpc) is 2.89. The summed E-state index contributed by atoms with van der Waals surface area (Å²) in [6, 6.07) is 0. The molecule has 0 aliphatic carbocycles. The van der Waals surface area contributed by atoms with Gasteiger partial charge in [0, 0.05) is 38.9 Å². The molecule has 1 aromatic heterocycles. The number of hydrogen-bond donors (Lipinski definition) is 2. The summed E-state index contributed by atoms with van der Waals surface area (Å²) >= 11 is 0. The van der Waals surface area contributed by atoms with E-state index in [1.54, 1.807) is 7.11 Å². The first-order chi connectivity index (χ1) is 9.09. The Balaban J connectivity index is 2.10. The van der Waals surface area contributed by atoms with Crippen molar-refractivity contribution >= 4 is 10.0 Å². The van der Waals surface area contributed by atoms with Crippen molar-refractivity contribution in [1.29, 1.82) is 0 Å². The van der Waals surface area contributed by atoms with Crippen LogP contribution in [0.25, 0.3) is 0 Å². The van der Waals surface area contributed by atoms with Crippen molar-refractivity contribution in [3.63, 3.8) is 0 Å². The van der Waals surface area contributed by atoms with Crippen LogP contribution >= 0.6 is 0 Å². The predicted molar refractivity (Wildman–Crippen MR) is 69.8 cm³/mol. The minimum Gasteiger partial charge on any atom is -0.384 e. The van der Waals surface area contributed by atoms with Gasteiger partial charge in [-0.25, -0.2) is 8.42 Å². The van der Waals surface area contributed by atoms with Gasteiger partial charge in [-0.05, 0) is 18.8 Å². The molecule has 0 saturated carbocycles. The largest absolute Gasteiger partial charge is 0.384 e. The summed E-state index contributed by atoms with van der Waals surface area (Å²) in [6.07, 6.45) is 3.10. The molecule has 1 aromatic rings. The first kappa shape index (κ1) is 14.4. The zero-order valence-corrected chi connectivity index (χ0v) is 11.8. The maximum absolute atomic E-state index is 12.5. The van der Waals surface area contributed by atoms with E-state index in [-0.39, 0.29) is 11.6 Å². The summed E-state index contributed by atoms with van der Waals surface area (Å²) in [5, 5.41) is 6.44. The first-order valence-corrected chi connectivity index (χ1v) is 7.75. The Morgan fingerprint density at radius 2 is 2.21 bits per heavy atom. The Kier molecular flexibility index (Phi) is 4.56. The third-order valence-corrected chi connectivity index (χ3v) is 5.39. The SMILES string of the molecule is COCC1CCN(S(=O)(=O)c2[nH]ncc2CN)CC1. The van der Waals surface area contributed by atoms with Gasteiger partial charge in [-0.15, -0.1) is 0 Å². The van der Waals surface area contributed by atoms with Gasteiger partial charge >= 0.3 is 0 Å². The van der Waals surface area contributed by atoms with Gasteiger partial charge in [0.05, 0.1) is 6.20 Å². The monoisotopic (exact) mass is 288 g/mol. The van der Waals surface area contributed by atoms with Crippen molar-refractivity contribution in [2.24, 2.45) is 11.7 Å². The van der Waals surface area contributed by atoms with Gasteiger partial charge in [-0.2, -0.15) is 9.40 Å². The van der Waals surface area contributed by atoms with E-state index in [0.29, 0.717) is 31.2 Å². The molecular weight excluding hydrogens is 268 g/mol. The molecule has 2 heterocycles. The van der Waals surface area contributed by atoms with Crippen molar-refractivity contribution in [3.8, 4) is 0 Å². The van der Waals surface area contributed by atoms with Crippen LogP contribution in [0.1, 0.15) is 18.4 Å². The highest BCUT2D eigenvalue weighted by Gasteiger charge is 2.31. The second-order valence-electron chi connectivity index (χ2n) is 4.73. The first-order valence-electron chi connectivity index (χ1n) is 6.31. The number of aromatic amines is 1. The van der Waals surface area contributed by atoms with E-state index in [4.69, 9.17) is 10.5 Å². The van der Waals surface area contributed by atoms with Crippen molar-refractivity contribution in [2.75, 3.05) is 26.8 Å². The number of sulfonamides is 1. The van der Waals surface area contributed by atoms with Crippen LogP contribution in [0, 0.1) is 5.92 Å². The number of rotatable bonds is 5. The Morgan fingerprint density at radius 1 is 1.53 bits per heavy atom. The molecule has 0 radical (unpaired) electrons. The second kappa shape index (κ2) is 6.00. The highest BCUT2D eigenvalue weighted by atomic mass is 32.2. The number of ether oxygens (including phenoxy) is 1. The van der Waals surface area contributed by atoms with Gasteiger partial charge in [0.1, 0.15) is 0 Å². The van der Waals surface area contributed by atoms with Crippen LogP contribution in [-0.2, 0) is 21.3 Å². The molecule has 0 aromatic carbocycles. The van der Waals surface area contributed by atoms with Crippen molar-refractivity contribution in [3.05, 3.63) is 11.8 Å². The minimum absolute atomic E-state index is 0.125. The predicted octanol–water partition coefficient (Wildman–Crippen LogP) is -0.0845. The second-order valence-corrected chi connectivity index (χ2v) is 6.61. The molecule has 8 heteroatoms. The minimum atomic E-state index is -3.51. The number of H-pyrrole nitrogens is 1. The van der Waals surface area contributed by atoms with Crippen LogP contribution in [0.4, 0.5) is 0 Å². The number of nitrogens with zero attached hydrogens (tertiary/aromatic N) is 2. The topological polar surface area (TPSA) is 101 Å². The number of hydrogen-bond acceptors (Lipinski definition) is 5. The van der Waals surface area contributed by atoms with Crippen molar-refractivity contribution < 1.29 is 13.2 Å². The van der Waals surface area contributed by atoms with Gasteiger partial charge in [0.15, 0.2) is 5.03 Å². The molecule has 108 valence electrons. The van der Waals surface area contributed by atoms with E-state index in [9.17, 15) is 8.42 Å². The fourth-order valence-electron chi connectivity index (χ4n) is 2.35. The molecule has 0 amide bonds. The fourth-order valence-corrected chi connectivity index (χ4v) is 3.93. The normalized spacial score (nSPS) is 18.8. The quantitative estimate of drug-likeness (QED) is 0.789. The molecule has 1 aliphatic rings. The molecule has 0 atom stereocenters. The van der Waals surface area contributed by atoms with E-state index >= 15 is 0 Å². The maximum atomic E-state index is 12.5. The van der Waals surface area contributed by atoms with Crippen LogP contribution in [0.5, 0.6) is 0 Å². The lowest BCUT2D eigenvalue weighted by Gasteiger charge is -2.30. The van der Waals surface area contributed by atoms with Crippen molar-refractivity contribution in [1.82, 2.24) is 14.5 Å². The lowest BCUT2D eigenvalue weighted by atomic mass is 9.99. The molecule has 1 aliphatic heterocycles. The summed E-state index contributed by atoms with van der Waals surface area (Å²) in [5.74, 6) is 0.437. The zero-order valence-electron chi connectivity index (χ0n) is 11.0. The standard InChI is InChI=1S/C11H20N4O3S/c1-18-8-9-2-4-15(5-3-9)19(16,17)11-10(6-12)7-13-14-11/h7,9H,2-6,8,12H2,1H3,(H,13,14). The average molecular weight is 288 g/mol. The summed E-state index contributed by atoms with van der Waals surface area (Å²) in [6.45, 7) is 1.87. The van der Waals surface area contributed by atoms with E-state index < -0.39 is 10.0 Å². The van der Waals surface area contributed by atoms with Crippen LogP contribution in [0.15, 0.2) is 11.2 Å². The van der Waals surface area contributed by atoms with Crippen molar-refractivity contribution in [2.45, 2.75) is 24.4 Å². The maximum Gasteiger partial charge on any atom is 0.260 e. The summed E-state index contributed by atoms with van der Waals surface area (Å²) < 4.78 is 31.5. The summed E-state index contributed by atoms with van der Waals surface area (Å²) in [7, 11) is -1.84. The third-order valence-electron chi connectivity index (χ3n) is 3.47. The van der Waals surface area contributed by atoms with E-state index in [1.165, 1.54) is 10.5 Å². The number of aromatic nitrogens is 2. The lowest BCUT2D eigenvalue weighted by Crippen LogP contribution is -2.39. The van der Waals surface area contributed by atoms with Gasteiger partial charge in [-0.3, -0.25) is 5.10 Å². The smallest absolute Gasteiger partial charge is 0.260 e. The summed E-state index contributed by atoms with van der Waals surface area (Å²) in [5.41, 5.74) is 6.05. The lowest BCUT2D eigenvalue weighted by molar-refractivity contribution is 0.121. The number of nitrogens with one attached hydrogen (secondary N) is 1. The summed E-state index contributed by atoms with van der Waals surface area (Å²) in [4.78, 5) is 0. The molecule has 7 nitrogen and oxygen atoms in total. The zero-order chi connectivity index (χ0) is 13.9. The Hall–Kier alpha value is -0.960. The highest BCUT2D eigenvalue weighted by Crippen LogP contribution is 2.24. The van der Waals surface area contributed by atoms with Crippen LogP contribution in [0.3, 0.4) is 0 Å². The van der Waals surface area contributed by atoms with Crippen LogP contribution in [0.2, 0.25) is 0 Å². The number of methoxy groups -OCH3 is 1. The van der Waals surface area contributed by atoms with Crippen LogP contribution < -0.4 is 5.73 Å². The van der Waals surface area contributed by atoms with E-state index in [0.717, 1.165) is 12.8 Å². The molecule has 1 fully saturated rings. The molecule has 1 saturated heterocycles. The fraction of sp³-hybridized carbons (Fsp3) is 0.727. The molecule has 0 spiro atoms. The highest BCUT2D eigenvalue weighted by molar-refractivity contribution is 7.89. The van der Waals surface area contributed by atoms with Gasteiger partial charge in [0.25, 0.3) is 10.0 Å². The number of piperidine rings is 1. The third kappa shape index (κ3) is 2.97.